The molecule has 0 radical (unpaired) electrons. The summed E-state index contributed by atoms with van der Waals surface area (Å²) in [5.74, 6) is 0.441. The molecule has 2 N–H and O–H groups in total. The van der Waals surface area contributed by atoms with Crippen molar-refractivity contribution < 1.29 is 9.36 Å². The molecule has 0 fully saturated rings. The molecule has 2 aromatic carbocycles. The molecule has 0 saturated heterocycles. The van der Waals surface area contributed by atoms with Gasteiger partial charge < -0.3 is 4.57 Å². The van der Waals surface area contributed by atoms with Crippen LogP contribution in [-0.4, -0.2) is 21.7 Å². The lowest BCUT2D eigenvalue weighted by Crippen LogP contribution is -2.32. The van der Waals surface area contributed by atoms with Crippen molar-refractivity contribution in [1.29, 1.82) is 0 Å². The van der Waals surface area contributed by atoms with Crippen LogP contribution in [0.2, 0.25) is 0 Å². The van der Waals surface area contributed by atoms with Crippen molar-refractivity contribution in [2.75, 3.05) is 0 Å². The van der Waals surface area contributed by atoms with Gasteiger partial charge in [-0.2, -0.15) is 10.1 Å². The van der Waals surface area contributed by atoms with Crippen molar-refractivity contribution in [3.8, 4) is 5.82 Å². The molecule has 0 bridgehead atoms. The minimum absolute atomic E-state index is 0.177. The zero-order valence-corrected chi connectivity index (χ0v) is 19.5. The average molecular weight is 471 g/mol. The van der Waals surface area contributed by atoms with Gasteiger partial charge in [0.05, 0.1) is 18.6 Å². The number of aromatic nitrogens is 3. The number of rotatable bonds is 7. The zero-order valence-electron chi connectivity index (χ0n) is 18.7. The molecule has 170 valence electrons. The maximum atomic E-state index is 12.5. The molecule has 34 heavy (non-hydrogen) atoms. The molecule has 0 spiro atoms. The number of hydrazone groups is 1. The largest absolute Gasteiger partial charge is 0.390 e. The maximum Gasteiger partial charge on any atom is 0.390 e. The van der Waals surface area contributed by atoms with Gasteiger partial charge in [0.2, 0.25) is 5.91 Å². The number of hydrogen-bond acceptors (Lipinski definition) is 4. The smallest absolute Gasteiger partial charge is 0.340 e. The van der Waals surface area contributed by atoms with Crippen LogP contribution >= 0.6 is 11.3 Å². The Morgan fingerprint density at radius 2 is 1.79 bits per heavy atom. The average Bonchev–Trinajstić information content (AvgIpc) is 3.40. The Morgan fingerprint density at radius 3 is 2.50 bits per heavy atom. The lowest BCUT2D eigenvalue weighted by molar-refractivity contribution is -0.599. The summed E-state index contributed by atoms with van der Waals surface area (Å²) in [5.41, 5.74) is 5.96. The first-order valence-corrected chi connectivity index (χ1v) is 12.0. The third-order valence-electron chi connectivity index (χ3n) is 5.80. The van der Waals surface area contributed by atoms with E-state index in [4.69, 9.17) is 0 Å². The van der Waals surface area contributed by atoms with Gasteiger partial charge >= 0.3 is 10.7 Å². The van der Waals surface area contributed by atoms with E-state index in [-0.39, 0.29) is 17.2 Å². The van der Waals surface area contributed by atoms with Crippen LogP contribution < -0.4 is 14.9 Å². The van der Waals surface area contributed by atoms with E-state index in [0.717, 1.165) is 34.4 Å². The molecule has 0 aliphatic heterocycles. The normalized spacial score (nSPS) is 11.6. The second-order valence-corrected chi connectivity index (χ2v) is 8.94. The second-order valence-electron chi connectivity index (χ2n) is 7.93. The molecule has 3 heterocycles. The molecule has 5 aromatic rings. The summed E-state index contributed by atoms with van der Waals surface area (Å²) < 4.78 is 4.03. The van der Waals surface area contributed by atoms with Gasteiger partial charge in [0.15, 0.2) is 0 Å². The number of hydrogen-bond donors (Lipinski definition) is 2. The van der Waals surface area contributed by atoms with E-state index in [1.807, 2.05) is 53.4 Å². The number of nitrogens with one attached hydrogen (secondary N) is 2. The van der Waals surface area contributed by atoms with Crippen LogP contribution in [0, 0.1) is 0 Å². The number of para-hydroxylation sites is 2. The summed E-state index contributed by atoms with van der Waals surface area (Å²) in [6, 6.07) is 20.4. The van der Waals surface area contributed by atoms with E-state index in [9.17, 15) is 9.59 Å². The fraction of sp³-hybridized carbons (Fsp3) is 0.154. The third kappa shape index (κ3) is 4.27. The van der Waals surface area contributed by atoms with Crippen LogP contribution in [0.25, 0.3) is 27.6 Å². The van der Waals surface area contributed by atoms with E-state index in [1.165, 1.54) is 17.0 Å². The monoisotopic (exact) mass is 470 g/mol. The lowest BCUT2D eigenvalue weighted by Gasteiger charge is -2.06. The van der Waals surface area contributed by atoms with Gasteiger partial charge in [0.1, 0.15) is 4.88 Å². The van der Waals surface area contributed by atoms with E-state index in [0.29, 0.717) is 17.2 Å². The number of fused-ring (bicyclic) bond motifs is 3. The number of carbonyl (C=O) groups is 1. The molecule has 3 aromatic heterocycles. The summed E-state index contributed by atoms with van der Waals surface area (Å²) in [5, 5.41) is 6.47. The van der Waals surface area contributed by atoms with Gasteiger partial charge in [0, 0.05) is 34.8 Å². The quantitative estimate of drug-likeness (QED) is 0.215. The Labute approximate surface area is 200 Å². The lowest BCUT2D eigenvalue weighted by atomic mass is 10.2. The molecule has 5 rings (SSSR count). The van der Waals surface area contributed by atoms with Crippen molar-refractivity contribution in [3.05, 3.63) is 93.2 Å². The second kappa shape index (κ2) is 9.44. The fourth-order valence-corrected chi connectivity index (χ4v) is 4.87. The van der Waals surface area contributed by atoms with Crippen LogP contribution in [0.4, 0.5) is 0 Å². The molecule has 0 atom stereocenters. The number of benzene rings is 2. The maximum absolute atomic E-state index is 12.5. The van der Waals surface area contributed by atoms with Crippen molar-refractivity contribution in [2.24, 2.45) is 5.10 Å². The summed E-state index contributed by atoms with van der Waals surface area (Å²) in [7, 11) is 0. The minimum Gasteiger partial charge on any atom is -0.340 e. The highest BCUT2D eigenvalue weighted by molar-refractivity contribution is 7.11. The third-order valence-corrected chi connectivity index (χ3v) is 6.60. The number of H-pyrrole nitrogens is 1. The van der Waals surface area contributed by atoms with E-state index < -0.39 is 0 Å². The van der Waals surface area contributed by atoms with Gasteiger partial charge in [-0.1, -0.05) is 49.4 Å². The van der Waals surface area contributed by atoms with Crippen LogP contribution in [0.15, 0.2) is 83.0 Å². The van der Waals surface area contributed by atoms with Gasteiger partial charge in [-0.25, -0.2) is 14.8 Å². The fourth-order valence-electron chi connectivity index (χ4n) is 4.16. The highest BCUT2D eigenvalue weighted by Gasteiger charge is 2.16. The molecule has 8 heteroatoms. The van der Waals surface area contributed by atoms with Crippen molar-refractivity contribution in [1.82, 2.24) is 15.0 Å². The molecule has 0 saturated carbocycles. The van der Waals surface area contributed by atoms with Gasteiger partial charge in [-0.05, 0) is 41.5 Å². The number of thiazole rings is 1. The van der Waals surface area contributed by atoms with E-state index >= 15 is 0 Å². The van der Waals surface area contributed by atoms with E-state index in [1.54, 1.807) is 0 Å². The Morgan fingerprint density at radius 1 is 1.09 bits per heavy atom. The number of aromatic amines is 1. The molecular weight excluding hydrogens is 446 g/mol. The van der Waals surface area contributed by atoms with Crippen LogP contribution in [0.3, 0.4) is 0 Å². The SMILES string of the molecule is CCc1ccc[n+](-c2[nH]c(=O)sc2/C=N\NC(=O)CCn2c3ccccc3c3ccccc32)c1. The minimum atomic E-state index is -0.192. The summed E-state index contributed by atoms with van der Waals surface area (Å²) >= 11 is 1.05. The molecular formula is C26H24N5O2S+. The number of aryl methyl sites for hydroxylation is 2. The van der Waals surface area contributed by atoms with Crippen molar-refractivity contribution in [2.45, 2.75) is 26.3 Å². The standard InChI is InChI=1S/C26H23N5O2S/c1-2-18-8-7-14-30(17-18)25-23(34-26(33)28-25)16-27-29-24(32)13-15-31-21-11-5-3-9-19(21)20-10-4-6-12-22(20)31/h3-12,14,16-17H,2,13,15H2,1H3,(H-,27,28,29,32,33)/p+1. The summed E-state index contributed by atoms with van der Waals surface area (Å²) in [6.07, 6.45) is 6.53. The van der Waals surface area contributed by atoms with Gasteiger partial charge in [0.25, 0.3) is 0 Å². The Hall–Kier alpha value is -4.04. The number of amides is 1. The van der Waals surface area contributed by atoms with Crippen LogP contribution in [-0.2, 0) is 17.8 Å². The number of nitrogens with zero attached hydrogens (tertiary/aromatic N) is 3. The van der Waals surface area contributed by atoms with Gasteiger partial charge in [-0.15, -0.1) is 0 Å². The van der Waals surface area contributed by atoms with Crippen molar-refractivity contribution >= 4 is 45.3 Å². The Balaban J connectivity index is 1.30. The predicted octanol–water partition coefficient (Wildman–Crippen LogP) is 3.92. The Kier molecular flexibility index (Phi) is 6.05. The number of carbonyl (C=O) groups excluding carboxylic acids is 1. The summed E-state index contributed by atoms with van der Waals surface area (Å²) in [4.78, 5) is 27.8. The number of pyridine rings is 1. The Bertz CT molecular complexity index is 1520. The summed E-state index contributed by atoms with van der Waals surface area (Å²) in [6.45, 7) is 2.62. The molecule has 1 amide bonds. The van der Waals surface area contributed by atoms with Crippen LogP contribution in [0.5, 0.6) is 0 Å². The topological polar surface area (TPSA) is 83.1 Å². The highest BCUT2D eigenvalue weighted by atomic mass is 32.1. The first-order valence-electron chi connectivity index (χ1n) is 11.2. The van der Waals surface area contributed by atoms with E-state index in [2.05, 4.69) is 51.3 Å². The van der Waals surface area contributed by atoms with Crippen LogP contribution in [0.1, 0.15) is 23.8 Å². The zero-order chi connectivity index (χ0) is 23.5. The molecule has 0 aliphatic rings. The first kappa shape index (κ1) is 21.8. The van der Waals surface area contributed by atoms with Crippen molar-refractivity contribution in [3.63, 3.8) is 0 Å². The molecule has 0 aliphatic carbocycles. The van der Waals surface area contributed by atoms with Gasteiger partial charge in [-0.3, -0.25) is 4.79 Å². The molecule has 0 unspecified atom stereocenters. The highest BCUT2D eigenvalue weighted by Crippen LogP contribution is 2.28. The predicted molar refractivity (Wildman–Crippen MR) is 136 cm³/mol. The molecule has 7 nitrogen and oxygen atoms in total. The first-order chi connectivity index (χ1) is 16.6.